The number of hydrogen-bond acceptors (Lipinski definition) is 4. The first kappa shape index (κ1) is 16.4. The largest absolute Gasteiger partial charge is 0.384 e. The van der Waals surface area contributed by atoms with Gasteiger partial charge in [-0.1, -0.05) is 24.3 Å². The average molecular weight is 317 g/mol. The highest BCUT2D eigenvalue weighted by molar-refractivity contribution is 5.83. The molecule has 2 aliphatic rings. The lowest BCUT2D eigenvalue weighted by Gasteiger charge is -2.36. The van der Waals surface area contributed by atoms with Crippen molar-refractivity contribution in [1.82, 2.24) is 16.0 Å². The van der Waals surface area contributed by atoms with E-state index in [4.69, 9.17) is 4.74 Å². The Kier molecular flexibility index (Phi) is 5.30. The third-order valence-electron chi connectivity index (χ3n) is 5.15. The molecule has 0 radical (unpaired) electrons. The van der Waals surface area contributed by atoms with Gasteiger partial charge in [-0.2, -0.15) is 0 Å². The number of carbonyl (C=O) groups excluding carboxylic acids is 1. The van der Waals surface area contributed by atoms with E-state index in [0.717, 1.165) is 38.9 Å². The van der Waals surface area contributed by atoms with Crippen molar-refractivity contribution in [2.45, 2.75) is 25.3 Å². The fourth-order valence-electron chi connectivity index (χ4n) is 3.78. The van der Waals surface area contributed by atoms with E-state index in [1.165, 1.54) is 11.1 Å². The van der Waals surface area contributed by atoms with Gasteiger partial charge in [-0.05, 0) is 50.0 Å². The standard InChI is InChI=1S/C18H27N3O2/c1-23-13-18(7-10-19-11-8-18)17(22)21-12-16-15-5-3-2-4-14(15)6-9-20-16/h2-5,16,19-20H,6-13H2,1H3,(H,21,22). The summed E-state index contributed by atoms with van der Waals surface area (Å²) >= 11 is 0. The smallest absolute Gasteiger partial charge is 0.228 e. The average Bonchev–Trinajstić information content (AvgIpc) is 2.60. The van der Waals surface area contributed by atoms with Crippen molar-refractivity contribution in [2.24, 2.45) is 5.41 Å². The molecule has 0 saturated carbocycles. The predicted octanol–water partition coefficient (Wildman–Crippen LogP) is 1.01. The van der Waals surface area contributed by atoms with Crippen LogP contribution in [-0.2, 0) is 16.0 Å². The van der Waals surface area contributed by atoms with Crippen molar-refractivity contribution in [2.75, 3.05) is 39.9 Å². The van der Waals surface area contributed by atoms with Crippen molar-refractivity contribution >= 4 is 5.91 Å². The van der Waals surface area contributed by atoms with Gasteiger partial charge in [-0.3, -0.25) is 4.79 Å². The molecule has 0 aliphatic carbocycles. The lowest BCUT2D eigenvalue weighted by Crippen LogP contribution is -2.51. The molecule has 1 amide bonds. The van der Waals surface area contributed by atoms with Crippen molar-refractivity contribution in [1.29, 1.82) is 0 Å². The maximum absolute atomic E-state index is 12.8. The van der Waals surface area contributed by atoms with Gasteiger partial charge < -0.3 is 20.7 Å². The third-order valence-corrected chi connectivity index (χ3v) is 5.15. The first-order chi connectivity index (χ1) is 11.2. The van der Waals surface area contributed by atoms with E-state index < -0.39 is 0 Å². The summed E-state index contributed by atoms with van der Waals surface area (Å²) in [5, 5.41) is 10.0. The lowest BCUT2D eigenvalue weighted by molar-refractivity contribution is -0.136. The minimum atomic E-state index is -0.381. The summed E-state index contributed by atoms with van der Waals surface area (Å²) in [6.45, 7) is 3.84. The van der Waals surface area contributed by atoms with Crippen molar-refractivity contribution < 1.29 is 9.53 Å². The Morgan fingerprint density at radius 2 is 2.09 bits per heavy atom. The zero-order valence-electron chi connectivity index (χ0n) is 13.9. The van der Waals surface area contributed by atoms with E-state index in [0.29, 0.717) is 13.2 Å². The summed E-state index contributed by atoms with van der Waals surface area (Å²) in [6, 6.07) is 8.70. The van der Waals surface area contributed by atoms with Gasteiger partial charge in [-0.25, -0.2) is 0 Å². The van der Waals surface area contributed by atoms with E-state index in [1.54, 1.807) is 7.11 Å². The predicted molar refractivity (Wildman–Crippen MR) is 90.3 cm³/mol. The number of piperidine rings is 1. The van der Waals surface area contributed by atoms with Crippen molar-refractivity contribution in [3.63, 3.8) is 0 Å². The molecule has 1 fully saturated rings. The number of hydrogen-bond donors (Lipinski definition) is 3. The summed E-state index contributed by atoms with van der Waals surface area (Å²) in [7, 11) is 1.68. The highest BCUT2D eigenvalue weighted by Crippen LogP contribution is 2.30. The van der Waals surface area contributed by atoms with Crippen LogP contribution in [0.4, 0.5) is 0 Å². The Bertz CT molecular complexity index is 535. The molecule has 3 N–H and O–H groups in total. The fourth-order valence-corrected chi connectivity index (χ4v) is 3.78. The van der Waals surface area contributed by atoms with Gasteiger partial charge in [0.1, 0.15) is 0 Å². The van der Waals surface area contributed by atoms with E-state index in [2.05, 4.69) is 40.2 Å². The number of methoxy groups -OCH3 is 1. The van der Waals surface area contributed by atoms with Crippen LogP contribution in [0.2, 0.25) is 0 Å². The summed E-state index contributed by atoms with van der Waals surface area (Å²) < 4.78 is 5.35. The first-order valence-corrected chi connectivity index (χ1v) is 8.54. The zero-order valence-corrected chi connectivity index (χ0v) is 13.9. The monoisotopic (exact) mass is 317 g/mol. The Balaban J connectivity index is 1.64. The molecule has 1 aromatic carbocycles. The van der Waals surface area contributed by atoms with Gasteiger partial charge in [0.05, 0.1) is 12.0 Å². The van der Waals surface area contributed by atoms with Gasteiger partial charge in [0.2, 0.25) is 5.91 Å². The molecule has 2 heterocycles. The van der Waals surface area contributed by atoms with E-state index >= 15 is 0 Å². The summed E-state index contributed by atoms with van der Waals surface area (Å²) in [4.78, 5) is 12.8. The second-order valence-corrected chi connectivity index (χ2v) is 6.63. The normalized spacial score (nSPS) is 23.1. The van der Waals surface area contributed by atoms with Gasteiger partial charge in [0.15, 0.2) is 0 Å². The number of benzene rings is 1. The maximum Gasteiger partial charge on any atom is 0.228 e. The van der Waals surface area contributed by atoms with Crippen LogP contribution < -0.4 is 16.0 Å². The van der Waals surface area contributed by atoms with Gasteiger partial charge >= 0.3 is 0 Å². The molecule has 1 aromatic rings. The molecule has 3 rings (SSSR count). The molecule has 1 unspecified atom stereocenters. The molecule has 1 saturated heterocycles. The number of amides is 1. The number of carbonyl (C=O) groups is 1. The van der Waals surface area contributed by atoms with Crippen LogP contribution >= 0.6 is 0 Å². The van der Waals surface area contributed by atoms with E-state index in [1.807, 2.05) is 0 Å². The maximum atomic E-state index is 12.8. The second kappa shape index (κ2) is 7.43. The van der Waals surface area contributed by atoms with Crippen LogP contribution in [0, 0.1) is 5.41 Å². The highest BCUT2D eigenvalue weighted by Gasteiger charge is 2.39. The Hall–Kier alpha value is -1.43. The third kappa shape index (κ3) is 3.57. The molecule has 23 heavy (non-hydrogen) atoms. The molecule has 126 valence electrons. The molecule has 0 spiro atoms. The van der Waals surface area contributed by atoms with Crippen LogP contribution in [0.3, 0.4) is 0 Å². The van der Waals surface area contributed by atoms with Crippen molar-refractivity contribution in [3.8, 4) is 0 Å². The number of fused-ring (bicyclic) bond motifs is 1. The van der Waals surface area contributed by atoms with Crippen LogP contribution in [0.15, 0.2) is 24.3 Å². The molecule has 1 atom stereocenters. The van der Waals surface area contributed by atoms with Crippen molar-refractivity contribution in [3.05, 3.63) is 35.4 Å². The van der Waals surface area contributed by atoms with Crippen LogP contribution in [0.5, 0.6) is 0 Å². The van der Waals surface area contributed by atoms with Crippen LogP contribution in [0.25, 0.3) is 0 Å². The minimum absolute atomic E-state index is 0.130. The minimum Gasteiger partial charge on any atom is -0.384 e. The Morgan fingerprint density at radius 3 is 2.87 bits per heavy atom. The molecule has 5 nitrogen and oxygen atoms in total. The second-order valence-electron chi connectivity index (χ2n) is 6.63. The topological polar surface area (TPSA) is 62.4 Å². The molecule has 0 aromatic heterocycles. The summed E-state index contributed by atoms with van der Waals surface area (Å²) in [5.41, 5.74) is 2.32. The number of rotatable bonds is 5. The van der Waals surface area contributed by atoms with E-state index in [9.17, 15) is 4.79 Å². The quantitative estimate of drug-likeness (QED) is 0.758. The zero-order chi connectivity index (χ0) is 16.1. The fraction of sp³-hybridized carbons (Fsp3) is 0.611. The van der Waals surface area contributed by atoms with Crippen LogP contribution in [0.1, 0.15) is 30.0 Å². The summed E-state index contributed by atoms with van der Waals surface area (Å²) in [6.07, 6.45) is 2.72. The SMILES string of the molecule is COCC1(C(=O)NCC2NCCc3ccccc32)CCNCC1. The highest BCUT2D eigenvalue weighted by atomic mass is 16.5. The van der Waals surface area contributed by atoms with E-state index in [-0.39, 0.29) is 17.4 Å². The Morgan fingerprint density at radius 1 is 1.30 bits per heavy atom. The van der Waals surface area contributed by atoms with Crippen LogP contribution in [-0.4, -0.2) is 45.8 Å². The molecule has 2 aliphatic heterocycles. The lowest BCUT2D eigenvalue weighted by atomic mass is 9.78. The molecule has 0 bridgehead atoms. The van der Waals surface area contributed by atoms with Gasteiger partial charge in [0.25, 0.3) is 0 Å². The summed E-state index contributed by atoms with van der Waals surface area (Å²) in [5.74, 6) is 0.130. The van der Waals surface area contributed by atoms with Gasteiger partial charge in [0, 0.05) is 19.7 Å². The molecular weight excluding hydrogens is 290 g/mol. The number of nitrogens with one attached hydrogen (secondary N) is 3. The Labute approximate surface area is 138 Å². The number of ether oxygens (including phenoxy) is 1. The first-order valence-electron chi connectivity index (χ1n) is 8.54. The molecular formula is C18H27N3O2. The molecule has 5 heteroatoms. The van der Waals surface area contributed by atoms with Gasteiger partial charge in [-0.15, -0.1) is 0 Å².